The number of aryl methyl sites for hydroxylation is 1. The maximum absolute atomic E-state index is 12.3. The second kappa shape index (κ2) is 5.61. The number of aromatic nitrogens is 2. The summed E-state index contributed by atoms with van der Waals surface area (Å²) in [5, 5.41) is 10.2. The van der Waals surface area contributed by atoms with Crippen molar-refractivity contribution in [3.63, 3.8) is 0 Å². The molecule has 3 rings (SSSR count). The first kappa shape index (κ1) is 13.7. The first-order chi connectivity index (χ1) is 10.2. The largest absolute Gasteiger partial charge is 0.507 e. The molecule has 5 heteroatoms. The minimum Gasteiger partial charge on any atom is -0.507 e. The quantitative estimate of drug-likeness (QED) is 0.749. The highest BCUT2D eigenvalue weighted by Crippen LogP contribution is 2.29. The van der Waals surface area contributed by atoms with Crippen LogP contribution in [0, 0.1) is 0 Å². The number of imidazole rings is 1. The number of hydrogen-bond acceptors (Lipinski definition) is 4. The Bertz CT molecular complexity index is 811. The highest BCUT2D eigenvalue weighted by Gasteiger charge is 2.17. The number of phenols is 1. The summed E-state index contributed by atoms with van der Waals surface area (Å²) in [5.41, 5.74) is 2.18. The lowest BCUT2D eigenvalue weighted by molar-refractivity contribution is 0.108. The van der Waals surface area contributed by atoms with E-state index in [1.165, 1.54) is 6.07 Å². The molecular formula is C16H14N2O2S. The number of para-hydroxylation sites is 3. The standard InChI is InChI=1S/C16H14N2O2S/c1-2-18-13-9-5-4-8-12(13)17-16(18)21-15(20)11-7-3-6-10-14(11)19/h3-10,19H,2H2,1H3. The van der Waals surface area contributed by atoms with Gasteiger partial charge < -0.3 is 9.67 Å². The molecule has 0 fully saturated rings. The van der Waals surface area contributed by atoms with Crippen LogP contribution in [0.15, 0.2) is 53.7 Å². The minimum absolute atomic E-state index is 0.00541. The molecule has 0 saturated heterocycles. The van der Waals surface area contributed by atoms with Crippen LogP contribution in [0.25, 0.3) is 11.0 Å². The molecule has 1 heterocycles. The summed E-state index contributed by atoms with van der Waals surface area (Å²) in [6.45, 7) is 2.75. The number of thioether (sulfide) groups is 1. The van der Waals surface area contributed by atoms with Crippen molar-refractivity contribution in [1.82, 2.24) is 9.55 Å². The van der Waals surface area contributed by atoms with E-state index < -0.39 is 0 Å². The number of aromatic hydroxyl groups is 1. The van der Waals surface area contributed by atoms with E-state index >= 15 is 0 Å². The van der Waals surface area contributed by atoms with Crippen molar-refractivity contribution >= 4 is 27.9 Å². The molecule has 0 atom stereocenters. The van der Waals surface area contributed by atoms with E-state index in [9.17, 15) is 9.90 Å². The van der Waals surface area contributed by atoms with Gasteiger partial charge in [-0.15, -0.1) is 0 Å². The molecule has 1 aromatic heterocycles. The molecule has 0 spiro atoms. The molecule has 3 aromatic rings. The Morgan fingerprint density at radius 1 is 1.19 bits per heavy atom. The van der Waals surface area contributed by atoms with Gasteiger partial charge in [0.05, 0.1) is 16.6 Å². The monoisotopic (exact) mass is 298 g/mol. The van der Waals surface area contributed by atoms with Crippen molar-refractivity contribution in [2.45, 2.75) is 18.6 Å². The fraction of sp³-hybridized carbons (Fsp3) is 0.125. The molecule has 0 amide bonds. The van der Waals surface area contributed by atoms with Crippen molar-refractivity contribution in [2.24, 2.45) is 0 Å². The van der Waals surface area contributed by atoms with Gasteiger partial charge in [-0.2, -0.15) is 0 Å². The summed E-state index contributed by atoms with van der Waals surface area (Å²) in [6.07, 6.45) is 0. The zero-order chi connectivity index (χ0) is 14.8. The number of hydrogen-bond donors (Lipinski definition) is 1. The van der Waals surface area contributed by atoms with Crippen molar-refractivity contribution in [3.8, 4) is 5.75 Å². The Morgan fingerprint density at radius 2 is 1.90 bits per heavy atom. The lowest BCUT2D eigenvalue weighted by Gasteiger charge is -2.05. The van der Waals surface area contributed by atoms with Crippen LogP contribution in [0.3, 0.4) is 0 Å². The molecule has 0 radical (unpaired) electrons. The maximum Gasteiger partial charge on any atom is 0.230 e. The molecule has 4 nitrogen and oxygen atoms in total. The topological polar surface area (TPSA) is 55.1 Å². The van der Waals surface area contributed by atoms with Crippen LogP contribution in [-0.4, -0.2) is 19.8 Å². The van der Waals surface area contributed by atoms with E-state index in [0.29, 0.717) is 10.7 Å². The van der Waals surface area contributed by atoms with Crippen molar-refractivity contribution < 1.29 is 9.90 Å². The van der Waals surface area contributed by atoms with Crippen LogP contribution in [0.5, 0.6) is 5.75 Å². The van der Waals surface area contributed by atoms with Gasteiger partial charge >= 0.3 is 0 Å². The molecule has 1 N–H and O–H groups in total. The molecule has 0 aliphatic heterocycles. The number of benzene rings is 2. The lowest BCUT2D eigenvalue weighted by atomic mass is 10.2. The fourth-order valence-electron chi connectivity index (χ4n) is 2.22. The molecule has 0 aliphatic carbocycles. The Labute approximate surface area is 126 Å². The van der Waals surface area contributed by atoms with Gasteiger partial charge in [0.25, 0.3) is 0 Å². The van der Waals surface area contributed by atoms with E-state index in [1.54, 1.807) is 18.2 Å². The van der Waals surface area contributed by atoms with Crippen LogP contribution in [0.1, 0.15) is 17.3 Å². The van der Waals surface area contributed by atoms with Gasteiger partial charge in [0.1, 0.15) is 5.75 Å². The number of carbonyl (C=O) groups excluding carboxylic acids is 1. The third kappa shape index (κ3) is 2.52. The summed E-state index contributed by atoms with van der Waals surface area (Å²) < 4.78 is 2.00. The van der Waals surface area contributed by atoms with Gasteiger partial charge in [0.15, 0.2) is 5.16 Å². The highest BCUT2D eigenvalue weighted by atomic mass is 32.2. The van der Waals surface area contributed by atoms with Gasteiger partial charge in [-0.05, 0) is 43.0 Å². The minimum atomic E-state index is -0.210. The van der Waals surface area contributed by atoms with Crippen LogP contribution in [0.2, 0.25) is 0 Å². The average molecular weight is 298 g/mol. The second-order valence-corrected chi connectivity index (χ2v) is 5.47. The molecule has 2 aromatic carbocycles. The number of phenolic OH excluding ortho intramolecular Hbond substituents is 1. The summed E-state index contributed by atoms with van der Waals surface area (Å²) >= 11 is 1.04. The second-order valence-electron chi connectivity index (χ2n) is 4.53. The summed E-state index contributed by atoms with van der Waals surface area (Å²) in [6, 6.07) is 14.3. The zero-order valence-corrected chi connectivity index (χ0v) is 12.3. The van der Waals surface area contributed by atoms with Crippen molar-refractivity contribution in [2.75, 3.05) is 0 Å². The normalized spacial score (nSPS) is 10.9. The first-order valence-corrected chi connectivity index (χ1v) is 7.47. The fourth-order valence-corrected chi connectivity index (χ4v) is 3.15. The number of fused-ring (bicyclic) bond motifs is 1. The summed E-state index contributed by atoms with van der Waals surface area (Å²) in [4.78, 5) is 16.8. The van der Waals surface area contributed by atoms with E-state index in [4.69, 9.17) is 0 Å². The zero-order valence-electron chi connectivity index (χ0n) is 11.5. The van der Waals surface area contributed by atoms with Gasteiger partial charge in [0.2, 0.25) is 5.12 Å². The summed E-state index contributed by atoms with van der Waals surface area (Å²) in [5.74, 6) is -0.00541. The third-order valence-electron chi connectivity index (χ3n) is 3.24. The van der Waals surface area contributed by atoms with Crippen LogP contribution < -0.4 is 0 Å². The maximum atomic E-state index is 12.3. The third-order valence-corrected chi connectivity index (χ3v) is 4.14. The number of rotatable bonds is 3. The van der Waals surface area contributed by atoms with Crippen molar-refractivity contribution in [3.05, 3.63) is 54.1 Å². The van der Waals surface area contributed by atoms with Crippen LogP contribution in [-0.2, 0) is 6.54 Å². The Morgan fingerprint density at radius 3 is 2.67 bits per heavy atom. The first-order valence-electron chi connectivity index (χ1n) is 6.66. The summed E-state index contributed by atoms with van der Waals surface area (Å²) in [7, 11) is 0. The van der Waals surface area contributed by atoms with E-state index in [1.807, 2.05) is 35.8 Å². The van der Waals surface area contributed by atoms with E-state index in [2.05, 4.69) is 4.98 Å². The lowest BCUT2D eigenvalue weighted by Crippen LogP contribution is -2.00. The smallest absolute Gasteiger partial charge is 0.230 e. The average Bonchev–Trinajstić information content (AvgIpc) is 2.84. The van der Waals surface area contributed by atoms with E-state index in [-0.39, 0.29) is 10.9 Å². The number of carbonyl (C=O) groups is 1. The molecule has 106 valence electrons. The van der Waals surface area contributed by atoms with E-state index in [0.717, 1.165) is 29.3 Å². The predicted octanol–water partition coefficient (Wildman–Crippen LogP) is 3.69. The van der Waals surface area contributed by atoms with Gasteiger partial charge in [-0.25, -0.2) is 4.98 Å². The van der Waals surface area contributed by atoms with Crippen molar-refractivity contribution in [1.29, 1.82) is 0 Å². The Balaban J connectivity index is 1.98. The van der Waals surface area contributed by atoms with Gasteiger partial charge in [-0.1, -0.05) is 24.3 Å². The number of nitrogens with zero attached hydrogens (tertiary/aromatic N) is 2. The molecule has 0 saturated carbocycles. The molecule has 0 unspecified atom stereocenters. The molecule has 0 aliphatic rings. The highest BCUT2D eigenvalue weighted by molar-refractivity contribution is 8.14. The molecule has 21 heavy (non-hydrogen) atoms. The SMILES string of the molecule is CCn1c(SC(=O)c2ccccc2O)nc2ccccc21. The molecule has 0 bridgehead atoms. The van der Waals surface area contributed by atoms with Gasteiger partial charge in [-0.3, -0.25) is 4.79 Å². The van der Waals surface area contributed by atoms with Crippen LogP contribution in [0.4, 0.5) is 0 Å². The van der Waals surface area contributed by atoms with Crippen LogP contribution >= 0.6 is 11.8 Å². The Kier molecular flexibility index (Phi) is 3.66. The van der Waals surface area contributed by atoms with Gasteiger partial charge in [0, 0.05) is 6.54 Å². The molecular weight excluding hydrogens is 284 g/mol. The predicted molar refractivity (Wildman–Crippen MR) is 83.7 cm³/mol. The Hall–Kier alpha value is -2.27.